The molecule has 0 fully saturated rings. The van der Waals surface area contributed by atoms with Crippen LogP contribution in [0.15, 0.2) is 30.0 Å². The molecule has 4 heteroatoms. The molecule has 0 radical (unpaired) electrons. The molecule has 0 amide bonds. The molecule has 0 aromatic heterocycles. The van der Waals surface area contributed by atoms with Crippen LogP contribution in [0.4, 0.5) is 0 Å². The Morgan fingerprint density at radius 1 is 1.41 bits per heavy atom. The molecule has 1 aromatic rings. The summed E-state index contributed by atoms with van der Waals surface area (Å²) in [4.78, 5) is 12.1. The van der Waals surface area contributed by atoms with Crippen LogP contribution in [0.25, 0.3) is 0 Å². The van der Waals surface area contributed by atoms with Gasteiger partial charge in [-0.2, -0.15) is 0 Å². The Morgan fingerprint density at radius 2 is 2.12 bits per heavy atom. The van der Waals surface area contributed by atoms with Crippen LogP contribution in [-0.4, -0.2) is 23.6 Å². The number of ether oxygens (including phenoxy) is 2. The van der Waals surface area contributed by atoms with Crippen molar-refractivity contribution in [3.63, 3.8) is 0 Å². The van der Waals surface area contributed by atoms with Crippen molar-refractivity contribution in [3.8, 4) is 11.5 Å². The van der Waals surface area contributed by atoms with Crippen LogP contribution in [-0.2, 0) is 0 Å². The van der Waals surface area contributed by atoms with Crippen LogP contribution in [0.1, 0.15) is 24.2 Å². The Balaban J connectivity index is 2.57. The second-order valence-electron chi connectivity index (χ2n) is 4.35. The summed E-state index contributed by atoms with van der Waals surface area (Å²) in [7, 11) is 1.55. The van der Waals surface area contributed by atoms with Gasteiger partial charge in [-0.05, 0) is 26.0 Å². The molecule has 4 nitrogen and oxygen atoms in total. The molecule has 0 aliphatic carbocycles. The van der Waals surface area contributed by atoms with Crippen molar-refractivity contribution in [1.29, 1.82) is 0 Å². The van der Waals surface area contributed by atoms with E-state index in [1.54, 1.807) is 39.2 Å². The summed E-state index contributed by atoms with van der Waals surface area (Å²) >= 11 is 0. The number of rotatable bonds is 1. The van der Waals surface area contributed by atoms with Gasteiger partial charge in [-0.3, -0.25) is 4.79 Å². The molecule has 0 saturated heterocycles. The first-order chi connectivity index (χ1) is 7.99. The summed E-state index contributed by atoms with van der Waals surface area (Å²) in [6.07, 6.45) is 0.815. The number of aliphatic hydroxyl groups excluding tert-OH is 1. The van der Waals surface area contributed by atoms with Gasteiger partial charge in [-0.15, -0.1) is 0 Å². The molecule has 0 unspecified atom stereocenters. The third-order valence-corrected chi connectivity index (χ3v) is 2.82. The molecular weight excluding hydrogens is 220 g/mol. The molecule has 90 valence electrons. The topological polar surface area (TPSA) is 55.8 Å². The number of ketones is 1. The van der Waals surface area contributed by atoms with Gasteiger partial charge in [0.2, 0.25) is 0 Å². The number of methoxy groups -OCH3 is 1. The summed E-state index contributed by atoms with van der Waals surface area (Å²) in [5.41, 5.74) is -0.161. The summed E-state index contributed by atoms with van der Waals surface area (Å²) < 4.78 is 10.8. The fraction of sp³-hybridized carbons (Fsp3) is 0.308. The van der Waals surface area contributed by atoms with E-state index in [0.717, 1.165) is 6.26 Å². The summed E-state index contributed by atoms with van der Waals surface area (Å²) in [5.74, 6) is 0.884. The van der Waals surface area contributed by atoms with Gasteiger partial charge in [0.15, 0.2) is 5.78 Å². The second kappa shape index (κ2) is 3.80. The zero-order valence-corrected chi connectivity index (χ0v) is 9.98. The number of carbonyl (C=O) groups excluding carboxylic acids is 1. The van der Waals surface area contributed by atoms with Gasteiger partial charge in [0.1, 0.15) is 17.1 Å². The number of hydrogen-bond acceptors (Lipinski definition) is 4. The van der Waals surface area contributed by atoms with Crippen LogP contribution >= 0.6 is 0 Å². The predicted octanol–water partition coefficient (Wildman–Crippen LogP) is 2.49. The van der Waals surface area contributed by atoms with Crippen LogP contribution in [0.2, 0.25) is 0 Å². The number of fused-ring (bicyclic) bond motifs is 1. The Kier molecular flexibility index (Phi) is 2.58. The van der Waals surface area contributed by atoms with Crippen molar-refractivity contribution in [2.45, 2.75) is 19.4 Å². The number of aliphatic hydroxyl groups is 1. The van der Waals surface area contributed by atoms with Crippen LogP contribution in [0.5, 0.6) is 11.5 Å². The number of benzene rings is 1. The van der Waals surface area contributed by atoms with Gasteiger partial charge in [0.05, 0.1) is 24.5 Å². The first-order valence-corrected chi connectivity index (χ1v) is 5.26. The maximum Gasteiger partial charge on any atom is 0.199 e. The number of Topliss-reactive ketones (excluding diaryl/α,β-unsaturated/α-hetero) is 1. The maximum absolute atomic E-state index is 12.1. The molecule has 0 atom stereocenters. The lowest BCUT2D eigenvalue weighted by atomic mass is 9.88. The molecule has 17 heavy (non-hydrogen) atoms. The first kappa shape index (κ1) is 11.5. The molecule has 1 aliphatic heterocycles. The third kappa shape index (κ3) is 1.75. The van der Waals surface area contributed by atoms with E-state index in [-0.39, 0.29) is 11.4 Å². The molecule has 0 bridgehead atoms. The summed E-state index contributed by atoms with van der Waals surface area (Å²) in [5, 5.41) is 9.14. The fourth-order valence-corrected chi connectivity index (χ4v) is 1.86. The maximum atomic E-state index is 12.1. The Hall–Kier alpha value is -1.97. The minimum atomic E-state index is -0.842. The van der Waals surface area contributed by atoms with Crippen molar-refractivity contribution in [2.24, 2.45) is 0 Å². The Morgan fingerprint density at radius 3 is 2.71 bits per heavy atom. The highest BCUT2D eigenvalue weighted by Crippen LogP contribution is 2.38. The molecule has 1 heterocycles. The molecule has 2 rings (SSSR count). The van der Waals surface area contributed by atoms with E-state index < -0.39 is 5.60 Å². The Labute approximate surface area is 99.5 Å². The fourth-order valence-electron chi connectivity index (χ4n) is 1.86. The highest BCUT2D eigenvalue weighted by atomic mass is 16.5. The van der Waals surface area contributed by atoms with Gasteiger partial charge in [0, 0.05) is 6.07 Å². The third-order valence-electron chi connectivity index (χ3n) is 2.82. The van der Waals surface area contributed by atoms with Crippen molar-refractivity contribution >= 4 is 5.78 Å². The summed E-state index contributed by atoms with van der Waals surface area (Å²) in [6, 6.07) is 4.99. The quantitative estimate of drug-likeness (QED) is 0.599. The zero-order valence-electron chi connectivity index (χ0n) is 9.98. The average molecular weight is 234 g/mol. The van der Waals surface area contributed by atoms with E-state index in [2.05, 4.69) is 0 Å². The molecule has 1 N–H and O–H groups in total. The predicted molar refractivity (Wildman–Crippen MR) is 62.7 cm³/mol. The molecular formula is C13H14O4. The van der Waals surface area contributed by atoms with Gasteiger partial charge < -0.3 is 14.6 Å². The Bertz CT molecular complexity index is 500. The van der Waals surface area contributed by atoms with Crippen molar-refractivity contribution in [2.75, 3.05) is 7.11 Å². The highest BCUT2D eigenvalue weighted by molar-refractivity contribution is 6.12. The SMILES string of the molecule is COc1ccc2c(c1)OC(C)(C)/C(=C/O)C2=O. The molecule has 1 aliphatic rings. The molecule has 1 aromatic carbocycles. The van der Waals surface area contributed by atoms with E-state index in [4.69, 9.17) is 14.6 Å². The van der Waals surface area contributed by atoms with Crippen LogP contribution in [0.3, 0.4) is 0 Å². The van der Waals surface area contributed by atoms with Crippen molar-refractivity contribution < 1.29 is 19.4 Å². The average Bonchev–Trinajstić information content (AvgIpc) is 2.27. The van der Waals surface area contributed by atoms with Gasteiger partial charge >= 0.3 is 0 Å². The number of hydrogen-bond donors (Lipinski definition) is 1. The lowest BCUT2D eigenvalue weighted by Crippen LogP contribution is -2.39. The van der Waals surface area contributed by atoms with E-state index in [0.29, 0.717) is 17.1 Å². The van der Waals surface area contributed by atoms with Crippen molar-refractivity contribution in [3.05, 3.63) is 35.6 Å². The lowest BCUT2D eigenvalue weighted by Gasteiger charge is -2.33. The van der Waals surface area contributed by atoms with Gasteiger partial charge in [0.25, 0.3) is 0 Å². The smallest absolute Gasteiger partial charge is 0.199 e. The second-order valence-corrected chi connectivity index (χ2v) is 4.35. The van der Waals surface area contributed by atoms with Gasteiger partial charge in [-0.1, -0.05) is 0 Å². The lowest BCUT2D eigenvalue weighted by molar-refractivity contribution is 0.0843. The highest BCUT2D eigenvalue weighted by Gasteiger charge is 2.38. The minimum Gasteiger partial charge on any atom is -0.515 e. The largest absolute Gasteiger partial charge is 0.515 e. The first-order valence-electron chi connectivity index (χ1n) is 5.26. The monoisotopic (exact) mass is 234 g/mol. The van der Waals surface area contributed by atoms with Gasteiger partial charge in [-0.25, -0.2) is 0 Å². The van der Waals surface area contributed by atoms with E-state index in [1.807, 2.05) is 0 Å². The van der Waals surface area contributed by atoms with Crippen molar-refractivity contribution in [1.82, 2.24) is 0 Å². The van der Waals surface area contributed by atoms with Crippen LogP contribution < -0.4 is 9.47 Å². The van der Waals surface area contributed by atoms with E-state index in [9.17, 15) is 4.79 Å². The zero-order chi connectivity index (χ0) is 12.6. The minimum absolute atomic E-state index is 0.221. The molecule has 0 saturated carbocycles. The van der Waals surface area contributed by atoms with E-state index in [1.165, 1.54) is 0 Å². The number of carbonyl (C=O) groups is 1. The summed E-state index contributed by atoms with van der Waals surface area (Å²) in [6.45, 7) is 3.46. The van der Waals surface area contributed by atoms with Crippen LogP contribution in [0, 0.1) is 0 Å². The standard InChI is InChI=1S/C13H14O4/c1-13(2)10(7-14)12(15)9-5-4-8(16-3)6-11(9)17-13/h4-7,14H,1-3H3/b10-7+. The molecule has 0 spiro atoms. The van der Waals surface area contributed by atoms with E-state index >= 15 is 0 Å². The normalized spacial score (nSPS) is 19.7.